The minimum atomic E-state index is -0.457. The summed E-state index contributed by atoms with van der Waals surface area (Å²) in [6.45, 7) is 6.50. The van der Waals surface area contributed by atoms with Crippen LogP contribution in [0.4, 0.5) is 4.79 Å². The molecule has 0 bridgehead atoms. The van der Waals surface area contributed by atoms with Gasteiger partial charge in [-0.05, 0) is 48.4 Å². The largest absolute Gasteiger partial charge is 0.490 e. The molecule has 1 heterocycles. The minimum absolute atomic E-state index is 0.189. The van der Waals surface area contributed by atoms with Crippen LogP contribution in [-0.4, -0.2) is 30.1 Å². The molecule has 0 saturated carbocycles. The predicted octanol–water partition coefficient (Wildman–Crippen LogP) is 5.27. The molecule has 1 aliphatic rings. The lowest BCUT2D eigenvalue weighted by Crippen LogP contribution is -2.30. The van der Waals surface area contributed by atoms with E-state index in [2.05, 4.69) is 43.8 Å². The Hall–Kier alpha value is -2.58. The number of imide groups is 1. The molecule has 0 radical (unpaired) electrons. The maximum Gasteiger partial charge on any atom is 0.329 e. The molecule has 1 N–H and O–H groups in total. The van der Waals surface area contributed by atoms with Crippen molar-refractivity contribution in [3.63, 3.8) is 0 Å². The maximum atomic E-state index is 12.8. The van der Waals surface area contributed by atoms with Crippen molar-refractivity contribution in [3.05, 3.63) is 74.8 Å². The summed E-state index contributed by atoms with van der Waals surface area (Å²) in [5.41, 5.74) is 1.73. The van der Waals surface area contributed by atoms with Crippen LogP contribution in [0.25, 0.3) is 6.08 Å². The smallest absolute Gasteiger partial charge is 0.329 e. The average Bonchev–Trinajstić information content (AvgIpc) is 2.98. The van der Waals surface area contributed by atoms with Crippen molar-refractivity contribution < 1.29 is 19.1 Å². The van der Waals surface area contributed by atoms with Crippen LogP contribution < -0.4 is 14.8 Å². The third-order valence-electron chi connectivity index (χ3n) is 4.24. The van der Waals surface area contributed by atoms with E-state index < -0.39 is 6.03 Å². The fourth-order valence-corrected chi connectivity index (χ4v) is 3.54. The number of halogens is 2. The maximum absolute atomic E-state index is 12.8. The second-order valence-electron chi connectivity index (χ2n) is 6.36. The van der Waals surface area contributed by atoms with Gasteiger partial charge in [0.1, 0.15) is 12.3 Å². The molecule has 1 aliphatic heterocycles. The van der Waals surface area contributed by atoms with E-state index in [4.69, 9.17) is 9.47 Å². The van der Waals surface area contributed by atoms with E-state index in [0.29, 0.717) is 34.7 Å². The van der Waals surface area contributed by atoms with Crippen molar-refractivity contribution in [2.24, 2.45) is 0 Å². The Morgan fingerprint density at radius 2 is 1.80 bits per heavy atom. The highest BCUT2D eigenvalue weighted by molar-refractivity contribution is 9.10. The lowest BCUT2D eigenvalue weighted by atomic mass is 10.1. The number of nitrogens with one attached hydrogen (secondary N) is 1. The number of hydrogen-bond acceptors (Lipinski definition) is 4. The second-order valence-corrected chi connectivity index (χ2v) is 8.13. The lowest BCUT2D eigenvalue weighted by Gasteiger charge is -2.13. The van der Waals surface area contributed by atoms with Crippen LogP contribution in [-0.2, 0) is 11.3 Å². The van der Waals surface area contributed by atoms with Crippen LogP contribution in [0, 0.1) is 0 Å². The molecule has 2 aromatic carbocycles. The molecule has 6 nitrogen and oxygen atoms in total. The van der Waals surface area contributed by atoms with Gasteiger partial charge in [-0.2, -0.15) is 0 Å². The van der Waals surface area contributed by atoms with Crippen LogP contribution in [0.2, 0.25) is 0 Å². The lowest BCUT2D eigenvalue weighted by molar-refractivity contribution is -0.123. The van der Waals surface area contributed by atoms with E-state index in [1.54, 1.807) is 24.3 Å². The molecule has 156 valence electrons. The van der Waals surface area contributed by atoms with Gasteiger partial charge in [0, 0.05) is 8.95 Å². The molecule has 2 aromatic rings. The van der Waals surface area contributed by atoms with Crippen molar-refractivity contribution in [3.8, 4) is 11.5 Å². The number of benzene rings is 2. The molecular formula is C22H20Br2N2O4. The normalized spacial score (nSPS) is 14.8. The summed E-state index contributed by atoms with van der Waals surface area (Å²) in [5.74, 6) is 0.710. The summed E-state index contributed by atoms with van der Waals surface area (Å²) in [7, 11) is 0. The van der Waals surface area contributed by atoms with Gasteiger partial charge >= 0.3 is 6.03 Å². The average molecular weight is 536 g/mol. The van der Waals surface area contributed by atoms with Crippen molar-refractivity contribution >= 4 is 49.9 Å². The van der Waals surface area contributed by atoms with Gasteiger partial charge in [0.25, 0.3) is 5.91 Å². The minimum Gasteiger partial charge on any atom is -0.490 e. The molecular weight excluding hydrogens is 516 g/mol. The summed E-state index contributed by atoms with van der Waals surface area (Å²) in [6, 6.07) is 10.5. The highest BCUT2D eigenvalue weighted by Crippen LogP contribution is 2.35. The van der Waals surface area contributed by atoms with E-state index in [0.717, 1.165) is 10.0 Å². The highest BCUT2D eigenvalue weighted by atomic mass is 79.9. The monoisotopic (exact) mass is 534 g/mol. The number of carbonyl (C=O) groups is 2. The summed E-state index contributed by atoms with van der Waals surface area (Å²) >= 11 is 6.87. The van der Waals surface area contributed by atoms with Crippen molar-refractivity contribution in [2.75, 3.05) is 13.2 Å². The van der Waals surface area contributed by atoms with Gasteiger partial charge in [-0.15, -0.1) is 0 Å². The predicted molar refractivity (Wildman–Crippen MR) is 122 cm³/mol. The molecule has 8 heteroatoms. The number of hydrogen-bond donors (Lipinski definition) is 1. The van der Waals surface area contributed by atoms with Crippen LogP contribution in [0.15, 0.2) is 63.7 Å². The fourth-order valence-electron chi connectivity index (χ4n) is 2.83. The number of rotatable bonds is 8. The Labute approximate surface area is 191 Å². The van der Waals surface area contributed by atoms with Crippen LogP contribution in [0.5, 0.6) is 11.5 Å². The number of carbonyl (C=O) groups excluding carboxylic acids is 2. The first-order valence-corrected chi connectivity index (χ1v) is 10.8. The van der Waals surface area contributed by atoms with E-state index in [1.165, 1.54) is 4.90 Å². The topological polar surface area (TPSA) is 67.9 Å². The number of amides is 3. The van der Waals surface area contributed by atoms with Gasteiger partial charge in [0.2, 0.25) is 0 Å². The molecule has 0 unspecified atom stereocenters. The first-order chi connectivity index (χ1) is 14.4. The summed E-state index contributed by atoms with van der Waals surface area (Å²) < 4.78 is 12.9. The summed E-state index contributed by atoms with van der Waals surface area (Å²) in [6.07, 6.45) is 3.26. The molecule has 3 rings (SSSR count). The Bertz CT molecular complexity index is 1000. The zero-order valence-electron chi connectivity index (χ0n) is 16.3. The zero-order chi connectivity index (χ0) is 21.7. The first-order valence-electron chi connectivity index (χ1n) is 9.22. The zero-order valence-corrected chi connectivity index (χ0v) is 19.5. The van der Waals surface area contributed by atoms with Gasteiger partial charge in [-0.1, -0.05) is 56.6 Å². The van der Waals surface area contributed by atoms with E-state index >= 15 is 0 Å². The second kappa shape index (κ2) is 9.95. The standard InChI is InChI=1S/C22H20Br2N2O4/c1-3-9-30-20-12-17(24)15(11-19(20)29-4-2)10-18-21(27)26(22(28)25-18)13-14-5-7-16(23)8-6-14/h3,5-8,10-12H,1,4,9,13H2,2H3,(H,25,28)/b18-10+. The van der Waals surface area contributed by atoms with Gasteiger partial charge in [0.05, 0.1) is 13.2 Å². The van der Waals surface area contributed by atoms with E-state index in [1.807, 2.05) is 31.2 Å². The SMILES string of the molecule is C=CCOc1cc(Br)c(/C=C2/NC(=O)N(Cc3ccc(Br)cc3)C2=O)cc1OCC. The van der Waals surface area contributed by atoms with Gasteiger partial charge < -0.3 is 14.8 Å². The van der Waals surface area contributed by atoms with Gasteiger partial charge in [-0.25, -0.2) is 4.79 Å². The van der Waals surface area contributed by atoms with Crippen LogP contribution in [0.1, 0.15) is 18.1 Å². The Balaban J connectivity index is 1.86. The number of urea groups is 1. The molecule has 0 aromatic heterocycles. The van der Waals surface area contributed by atoms with Crippen molar-refractivity contribution in [1.82, 2.24) is 10.2 Å². The third-order valence-corrected chi connectivity index (χ3v) is 5.45. The summed E-state index contributed by atoms with van der Waals surface area (Å²) in [4.78, 5) is 26.3. The van der Waals surface area contributed by atoms with Crippen molar-refractivity contribution in [1.29, 1.82) is 0 Å². The van der Waals surface area contributed by atoms with Crippen molar-refractivity contribution in [2.45, 2.75) is 13.5 Å². The molecule has 0 spiro atoms. The fraction of sp³-hybridized carbons (Fsp3) is 0.182. The first kappa shape index (κ1) is 22.1. The summed E-state index contributed by atoms with van der Waals surface area (Å²) in [5, 5.41) is 2.64. The quantitative estimate of drug-likeness (QED) is 0.284. The molecule has 3 amide bonds. The van der Waals surface area contributed by atoms with E-state index in [-0.39, 0.29) is 18.1 Å². The Kier molecular flexibility index (Phi) is 7.33. The molecule has 30 heavy (non-hydrogen) atoms. The van der Waals surface area contributed by atoms with Gasteiger partial charge in [0.15, 0.2) is 11.5 Å². The molecule has 1 fully saturated rings. The highest BCUT2D eigenvalue weighted by Gasteiger charge is 2.33. The third kappa shape index (κ3) is 5.12. The van der Waals surface area contributed by atoms with Gasteiger partial charge in [-0.3, -0.25) is 9.69 Å². The Morgan fingerprint density at radius 3 is 2.47 bits per heavy atom. The van der Waals surface area contributed by atoms with E-state index in [9.17, 15) is 9.59 Å². The molecule has 1 saturated heterocycles. The van der Waals surface area contributed by atoms with Crippen LogP contribution in [0.3, 0.4) is 0 Å². The number of nitrogens with zero attached hydrogens (tertiary/aromatic N) is 1. The Morgan fingerprint density at radius 1 is 1.10 bits per heavy atom. The molecule has 0 atom stereocenters. The molecule has 0 aliphatic carbocycles. The van der Waals surface area contributed by atoms with Crippen LogP contribution >= 0.6 is 31.9 Å². The number of ether oxygens (including phenoxy) is 2.